The predicted molar refractivity (Wildman–Crippen MR) is 80.7 cm³/mol. The first-order chi connectivity index (χ1) is 10.0. The molecule has 0 aliphatic rings. The lowest BCUT2D eigenvalue weighted by Gasteiger charge is -2.10. The Hall–Kier alpha value is -1.86. The van der Waals surface area contributed by atoms with Crippen molar-refractivity contribution in [1.29, 1.82) is 0 Å². The summed E-state index contributed by atoms with van der Waals surface area (Å²) >= 11 is 6.09. The van der Waals surface area contributed by atoms with E-state index in [4.69, 9.17) is 16.3 Å². The van der Waals surface area contributed by atoms with Crippen LogP contribution in [0.4, 0.5) is 5.69 Å². The molecule has 0 aliphatic heterocycles. The highest BCUT2D eigenvalue weighted by Crippen LogP contribution is 2.17. The second-order valence-electron chi connectivity index (χ2n) is 4.63. The van der Waals surface area contributed by atoms with E-state index >= 15 is 0 Å². The Morgan fingerprint density at radius 3 is 2.76 bits per heavy atom. The normalized spacial score (nSPS) is 10.9. The number of nitrogens with one attached hydrogen (secondary N) is 1. The van der Waals surface area contributed by atoms with Crippen LogP contribution in [-0.2, 0) is 24.9 Å². The van der Waals surface area contributed by atoms with Gasteiger partial charge in [-0.3, -0.25) is 9.48 Å². The van der Waals surface area contributed by atoms with Crippen molar-refractivity contribution >= 4 is 17.3 Å². The van der Waals surface area contributed by atoms with Crippen molar-refractivity contribution < 1.29 is 4.74 Å². The quantitative estimate of drug-likeness (QED) is 0.867. The molecule has 0 aromatic carbocycles. The van der Waals surface area contributed by atoms with Gasteiger partial charge in [0.25, 0.3) is 5.56 Å². The number of hydrogen-bond donors (Lipinski definition) is 1. The molecule has 0 radical (unpaired) electrons. The van der Waals surface area contributed by atoms with Crippen LogP contribution in [0.2, 0.25) is 5.02 Å². The number of nitrogens with zero attached hydrogens (tertiary/aromatic N) is 4. The average molecular weight is 312 g/mol. The second kappa shape index (κ2) is 6.73. The first-order valence-electron chi connectivity index (χ1n) is 6.50. The summed E-state index contributed by atoms with van der Waals surface area (Å²) in [4.78, 5) is 12.0. The van der Waals surface area contributed by atoms with Crippen molar-refractivity contribution in [3.05, 3.63) is 39.0 Å². The van der Waals surface area contributed by atoms with Crippen LogP contribution in [0, 0.1) is 6.92 Å². The largest absolute Gasteiger partial charge is 0.383 e. The Kier molecular flexibility index (Phi) is 4.98. The van der Waals surface area contributed by atoms with E-state index in [1.165, 1.54) is 4.68 Å². The molecule has 1 N–H and O–H groups in total. The summed E-state index contributed by atoms with van der Waals surface area (Å²) in [6.07, 6.45) is 3.33. The molecular weight excluding hydrogens is 294 g/mol. The molecule has 0 aliphatic carbocycles. The minimum atomic E-state index is -0.332. The summed E-state index contributed by atoms with van der Waals surface area (Å²) in [7, 11) is 3.45. The van der Waals surface area contributed by atoms with Crippen LogP contribution in [0.5, 0.6) is 0 Å². The van der Waals surface area contributed by atoms with E-state index in [0.717, 1.165) is 11.3 Å². The van der Waals surface area contributed by atoms with Gasteiger partial charge in [0.1, 0.15) is 5.02 Å². The van der Waals surface area contributed by atoms with Crippen LogP contribution in [0.25, 0.3) is 0 Å². The Labute approximate surface area is 127 Å². The van der Waals surface area contributed by atoms with Crippen LogP contribution >= 0.6 is 11.6 Å². The molecule has 2 aromatic rings. The standard InChI is InChI=1S/C13H18ClN5O2/c1-9-10(7-16-18(9)2)6-15-11-8-17-19(4-5-21-3)13(20)12(11)14/h7-8,15H,4-6H2,1-3H3. The summed E-state index contributed by atoms with van der Waals surface area (Å²) in [5, 5.41) is 11.5. The van der Waals surface area contributed by atoms with Crippen molar-refractivity contribution in [2.75, 3.05) is 19.0 Å². The summed E-state index contributed by atoms with van der Waals surface area (Å²) in [6.45, 7) is 3.29. The van der Waals surface area contributed by atoms with Gasteiger partial charge in [-0.05, 0) is 6.92 Å². The minimum absolute atomic E-state index is 0.127. The average Bonchev–Trinajstić information content (AvgIpc) is 2.79. The van der Waals surface area contributed by atoms with Gasteiger partial charge in [0, 0.05) is 32.0 Å². The molecular formula is C13H18ClN5O2. The van der Waals surface area contributed by atoms with Gasteiger partial charge in [0.15, 0.2) is 0 Å². The maximum atomic E-state index is 12.0. The highest BCUT2D eigenvalue weighted by molar-refractivity contribution is 6.32. The lowest BCUT2D eigenvalue weighted by molar-refractivity contribution is 0.182. The van der Waals surface area contributed by atoms with E-state index in [9.17, 15) is 4.79 Å². The van der Waals surface area contributed by atoms with Gasteiger partial charge in [-0.15, -0.1) is 0 Å². The zero-order valence-corrected chi connectivity index (χ0v) is 13.0. The van der Waals surface area contributed by atoms with Crippen molar-refractivity contribution in [2.45, 2.75) is 20.0 Å². The number of ether oxygens (including phenoxy) is 1. The van der Waals surface area contributed by atoms with E-state index in [1.807, 2.05) is 14.0 Å². The fraction of sp³-hybridized carbons (Fsp3) is 0.462. The molecule has 2 aromatic heterocycles. The Morgan fingerprint density at radius 2 is 2.14 bits per heavy atom. The fourth-order valence-electron chi connectivity index (χ4n) is 1.83. The molecule has 0 amide bonds. The third-order valence-corrected chi connectivity index (χ3v) is 3.66. The summed E-state index contributed by atoms with van der Waals surface area (Å²) in [6, 6.07) is 0. The molecule has 7 nitrogen and oxygen atoms in total. The highest BCUT2D eigenvalue weighted by Gasteiger charge is 2.10. The molecule has 0 saturated heterocycles. The Morgan fingerprint density at radius 1 is 1.38 bits per heavy atom. The molecule has 2 heterocycles. The van der Waals surface area contributed by atoms with Crippen molar-refractivity contribution in [3.63, 3.8) is 0 Å². The Bertz CT molecular complexity index is 680. The summed E-state index contributed by atoms with van der Waals surface area (Å²) in [5.41, 5.74) is 2.28. The zero-order valence-electron chi connectivity index (χ0n) is 12.3. The van der Waals surface area contributed by atoms with E-state index in [2.05, 4.69) is 15.5 Å². The maximum absolute atomic E-state index is 12.0. The first-order valence-corrected chi connectivity index (χ1v) is 6.88. The predicted octanol–water partition coefficient (Wildman–Crippen LogP) is 1.20. The third-order valence-electron chi connectivity index (χ3n) is 3.30. The maximum Gasteiger partial charge on any atom is 0.287 e. The lowest BCUT2D eigenvalue weighted by Crippen LogP contribution is -2.26. The monoisotopic (exact) mass is 311 g/mol. The molecule has 0 bridgehead atoms. The van der Waals surface area contributed by atoms with E-state index in [0.29, 0.717) is 25.4 Å². The molecule has 21 heavy (non-hydrogen) atoms. The van der Waals surface area contributed by atoms with Gasteiger partial charge in [0.05, 0.1) is 31.2 Å². The molecule has 2 rings (SSSR count). The fourth-order valence-corrected chi connectivity index (χ4v) is 2.05. The number of anilines is 1. The van der Waals surface area contributed by atoms with E-state index < -0.39 is 0 Å². The third kappa shape index (κ3) is 3.43. The number of methoxy groups -OCH3 is 1. The number of aryl methyl sites for hydroxylation is 1. The number of rotatable bonds is 6. The molecule has 8 heteroatoms. The second-order valence-corrected chi connectivity index (χ2v) is 5.00. The van der Waals surface area contributed by atoms with Gasteiger partial charge >= 0.3 is 0 Å². The zero-order chi connectivity index (χ0) is 15.4. The van der Waals surface area contributed by atoms with Crippen molar-refractivity contribution in [3.8, 4) is 0 Å². The lowest BCUT2D eigenvalue weighted by atomic mass is 10.2. The van der Waals surface area contributed by atoms with Crippen molar-refractivity contribution in [2.24, 2.45) is 7.05 Å². The Balaban J connectivity index is 2.12. The van der Waals surface area contributed by atoms with Gasteiger partial charge in [0.2, 0.25) is 0 Å². The first kappa shape index (κ1) is 15.5. The van der Waals surface area contributed by atoms with Crippen molar-refractivity contribution in [1.82, 2.24) is 19.6 Å². The molecule has 0 fully saturated rings. The number of hydrogen-bond acceptors (Lipinski definition) is 5. The van der Waals surface area contributed by atoms with Crippen LogP contribution in [0.15, 0.2) is 17.2 Å². The summed E-state index contributed by atoms with van der Waals surface area (Å²) in [5.74, 6) is 0. The van der Waals surface area contributed by atoms with Crippen LogP contribution in [0.1, 0.15) is 11.3 Å². The summed E-state index contributed by atoms with van der Waals surface area (Å²) < 4.78 is 8.00. The topological polar surface area (TPSA) is 74.0 Å². The van der Waals surface area contributed by atoms with Gasteiger partial charge in [-0.2, -0.15) is 10.2 Å². The van der Waals surface area contributed by atoms with Gasteiger partial charge in [-0.1, -0.05) is 11.6 Å². The van der Waals surface area contributed by atoms with Crippen LogP contribution in [-0.4, -0.2) is 33.3 Å². The van der Waals surface area contributed by atoms with Crippen LogP contribution in [0.3, 0.4) is 0 Å². The highest BCUT2D eigenvalue weighted by atomic mass is 35.5. The minimum Gasteiger partial charge on any atom is -0.383 e. The molecule has 0 atom stereocenters. The van der Waals surface area contributed by atoms with E-state index in [-0.39, 0.29) is 10.6 Å². The van der Waals surface area contributed by atoms with Gasteiger partial charge in [-0.25, -0.2) is 4.68 Å². The molecule has 0 spiro atoms. The SMILES string of the molecule is COCCn1ncc(NCc2cnn(C)c2C)c(Cl)c1=O. The van der Waals surface area contributed by atoms with Gasteiger partial charge < -0.3 is 10.1 Å². The number of halogens is 1. The van der Waals surface area contributed by atoms with E-state index in [1.54, 1.807) is 24.2 Å². The molecule has 114 valence electrons. The molecule has 0 unspecified atom stereocenters. The van der Waals surface area contributed by atoms with Crippen LogP contribution < -0.4 is 10.9 Å². The molecule has 0 saturated carbocycles. The smallest absolute Gasteiger partial charge is 0.287 e. The number of aromatic nitrogens is 4.